The number of aromatic nitrogens is 3. The minimum absolute atomic E-state index is 0.254. The van der Waals surface area contributed by atoms with Crippen LogP contribution in [0.25, 0.3) is 11.3 Å². The molecule has 0 saturated carbocycles. The maximum Gasteiger partial charge on any atom is 0.279 e. The summed E-state index contributed by atoms with van der Waals surface area (Å²) in [6.07, 6.45) is 0. The lowest BCUT2D eigenvalue weighted by molar-refractivity contribution is 0.101. The van der Waals surface area contributed by atoms with Gasteiger partial charge in [-0.2, -0.15) is 16.9 Å². The van der Waals surface area contributed by atoms with E-state index in [1.165, 1.54) is 0 Å². The Morgan fingerprint density at radius 3 is 2.96 bits per heavy atom. The Labute approximate surface area is 136 Å². The highest BCUT2D eigenvalue weighted by Gasteiger charge is 2.24. The highest BCUT2D eigenvalue weighted by atomic mass is 32.2. The van der Waals surface area contributed by atoms with Crippen molar-refractivity contribution < 1.29 is 9.32 Å². The predicted molar refractivity (Wildman–Crippen MR) is 88.1 cm³/mol. The largest absolute Gasteiger partial charge is 0.355 e. The number of carbonyl (C=O) groups is 1. The van der Waals surface area contributed by atoms with Crippen LogP contribution in [0, 0.1) is 0 Å². The van der Waals surface area contributed by atoms with Gasteiger partial charge >= 0.3 is 0 Å². The number of nitrogens with one attached hydrogen (secondary N) is 1. The molecule has 7 heteroatoms. The van der Waals surface area contributed by atoms with Gasteiger partial charge in [0.25, 0.3) is 5.91 Å². The minimum atomic E-state index is -0.293. The molecule has 0 aliphatic carbocycles. The second-order valence-corrected chi connectivity index (χ2v) is 6.27. The number of aryl methyl sites for hydroxylation is 1. The maximum atomic E-state index is 12.4. The summed E-state index contributed by atoms with van der Waals surface area (Å²) in [6.45, 7) is 0. The summed E-state index contributed by atoms with van der Waals surface area (Å²) in [5, 5.41) is 11.2. The molecule has 0 spiro atoms. The fourth-order valence-corrected chi connectivity index (χ4v) is 3.62. The van der Waals surface area contributed by atoms with E-state index in [-0.39, 0.29) is 11.6 Å². The maximum absolute atomic E-state index is 12.4. The molecular weight excluding hydrogens is 312 g/mol. The van der Waals surface area contributed by atoms with Crippen molar-refractivity contribution in [2.24, 2.45) is 7.05 Å². The number of thioether (sulfide) groups is 1. The van der Waals surface area contributed by atoms with Gasteiger partial charge in [-0.15, -0.1) is 0 Å². The molecule has 2 aromatic heterocycles. The molecule has 3 aromatic rings. The molecule has 1 aromatic carbocycles. The molecule has 1 amide bonds. The van der Waals surface area contributed by atoms with Gasteiger partial charge in [-0.1, -0.05) is 35.5 Å². The summed E-state index contributed by atoms with van der Waals surface area (Å²) >= 11 is 1.80. The number of hydrogen-bond acceptors (Lipinski definition) is 5. The van der Waals surface area contributed by atoms with Crippen molar-refractivity contribution in [1.82, 2.24) is 14.9 Å². The first-order chi connectivity index (χ1) is 11.2. The Bertz CT molecular complexity index is 870. The number of hydrogen-bond donors (Lipinski definition) is 1. The number of amides is 1. The topological polar surface area (TPSA) is 73.0 Å². The molecule has 6 nitrogen and oxygen atoms in total. The molecule has 0 saturated heterocycles. The van der Waals surface area contributed by atoms with Crippen molar-refractivity contribution in [3.63, 3.8) is 0 Å². The zero-order valence-electron chi connectivity index (χ0n) is 12.4. The first-order valence-electron chi connectivity index (χ1n) is 7.18. The lowest BCUT2D eigenvalue weighted by Gasteiger charge is -2.05. The molecule has 1 aliphatic rings. The second kappa shape index (κ2) is 5.58. The third kappa shape index (κ3) is 2.53. The quantitative estimate of drug-likeness (QED) is 0.801. The van der Waals surface area contributed by atoms with Gasteiger partial charge in [0.15, 0.2) is 11.5 Å². The number of carbonyl (C=O) groups excluding carboxylic acids is 1. The van der Waals surface area contributed by atoms with Crippen molar-refractivity contribution in [2.75, 3.05) is 5.32 Å². The Kier molecular flexibility index (Phi) is 3.42. The van der Waals surface area contributed by atoms with Crippen LogP contribution in [0.5, 0.6) is 0 Å². The monoisotopic (exact) mass is 326 g/mol. The molecule has 23 heavy (non-hydrogen) atoms. The number of nitrogens with zero attached hydrogens (tertiary/aromatic N) is 3. The predicted octanol–water partition coefficient (Wildman–Crippen LogP) is 3.07. The Balaban J connectivity index is 1.58. The summed E-state index contributed by atoms with van der Waals surface area (Å²) in [5.41, 5.74) is 3.27. The van der Waals surface area contributed by atoms with Crippen molar-refractivity contribution in [2.45, 2.75) is 11.5 Å². The lowest BCUT2D eigenvalue weighted by atomic mass is 10.1. The highest BCUT2D eigenvalue weighted by molar-refractivity contribution is 7.98. The molecule has 0 radical (unpaired) electrons. The van der Waals surface area contributed by atoms with Crippen LogP contribution < -0.4 is 5.32 Å². The molecule has 0 bridgehead atoms. The third-order valence-electron chi connectivity index (χ3n) is 3.75. The van der Waals surface area contributed by atoms with Gasteiger partial charge in [-0.25, -0.2) is 0 Å². The van der Waals surface area contributed by atoms with E-state index in [4.69, 9.17) is 4.52 Å². The van der Waals surface area contributed by atoms with Crippen LogP contribution >= 0.6 is 11.8 Å². The van der Waals surface area contributed by atoms with Crippen LogP contribution in [0.2, 0.25) is 0 Å². The number of rotatable bonds is 3. The molecule has 4 rings (SSSR count). The first-order valence-corrected chi connectivity index (χ1v) is 8.34. The van der Waals surface area contributed by atoms with Crippen molar-refractivity contribution in [1.29, 1.82) is 0 Å². The zero-order chi connectivity index (χ0) is 15.8. The van der Waals surface area contributed by atoms with Crippen molar-refractivity contribution in [3.8, 4) is 11.3 Å². The average molecular weight is 326 g/mol. The number of benzene rings is 1. The first kappa shape index (κ1) is 14.1. The zero-order valence-corrected chi connectivity index (χ0v) is 13.3. The van der Waals surface area contributed by atoms with Crippen LogP contribution in [0.15, 0.2) is 40.9 Å². The normalized spacial score (nSPS) is 13.1. The van der Waals surface area contributed by atoms with Gasteiger partial charge in [0.2, 0.25) is 0 Å². The Morgan fingerprint density at radius 2 is 2.13 bits per heavy atom. The molecule has 0 unspecified atom stereocenters. The smallest absolute Gasteiger partial charge is 0.279 e. The standard InChI is InChI=1S/C16H14N4O2S/c1-20-15(11-8-23-9-13(11)18-20)17-16(21)12-7-14(22-19-12)10-5-3-2-4-6-10/h2-7H,8-9H2,1H3,(H,17,21). The molecular formula is C16H14N4O2S. The van der Waals surface area contributed by atoms with E-state index in [9.17, 15) is 4.79 Å². The van der Waals surface area contributed by atoms with E-state index < -0.39 is 0 Å². The van der Waals surface area contributed by atoms with Crippen molar-refractivity contribution in [3.05, 3.63) is 53.3 Å². The van der Waals surface area contributed by atoms with Gasteiger partial charge < -0.3 is 9.84 Å². The second-order valence-electron chi connectivity index (χ2n) is 5.29. The van der Waals surface area contributed by atoms with Crippen LogP contribution in [-0.2, 0) is 18.6 Å². The van der Waals surface area contributed by atoms with Gasteiger partial charge in [0.1, 0.15) is 5.82 Å². The summed E-state index contributed by atoms with van der Waals surface area (Å²) in [6, 6.07) is 11.2. The lowest BCUT2D eigenvalue weighted by Crippen LogP contribution is -2.15. The SMILES string of the molecule is Cn1nc2c(c1NC(=O)c1cc(-c3ccccc3)on1)CSC2. The number of anilines is 1. The van der Waals surface area contributed by atoms with Gasteiger partial charge in [-0.3, -0.25) is 9.48 Å². The number of fused-ring (bicyclic) bond motifs is 1. The summed E-state index contributed by atoms with van der Waals surface area (Å²) in [5.74, 6) is 2.77. The van der Waals surface area contributed by atoms with E-state index in [1.807, 2.05) is 37.4 Å². The molecule has 116 valence electrons. The molecule has 1 aliphatic heterocycles. The molecule has 1 N–H and O–H groups in total. The van der Waals surface area contributed by atoms with Crippen molar-refractivity contribution >= 4 is 23.5 Å². The van der Waals surface area contributed by atoms with Gasteiger partial charge in [0, 0.05) is 35.7 Å². The molecule has 0 atom stereocenters. The average Bonchev–Trinajstić information content (AvgIpc) is 3.27. The fraction of sp³-hybridized carbons (Fsp3) is 0.188. The Hall–Kier alpha value is -2.54. The summed E-state index contributed by atoms with van der Waals surface area (Å²) < 4.78 is 6.99. The molecule has 3 heterocycles. The van der Waals surface area contributed by atoms with E-state index in [1.54, 1.807) is 22.5 Å². The van der Waals surface area contributed by atoms with Crippen LogP contribution in [0.4, 0.5) is 5.82 Å². The van der Waals surface area contributed by atoms with Gasteiger partial charge in [-0.05, 0) is 0 Å². The van der Waals surface area contributed by atoms with Crippen LogP contribution in [-0.4, -0.2) is 20.8 Å². The minimum Gasteiger partial charge on any atom is -0.355 e. The van der Waals surface area contributed by atoms with E-state index >= 15 is 0 Å². The summed E-state index contributed by atoms with van der Waals surface area (Å²) in [4.78, 5) is 12.4. The van der Waals surface area contributed by atoms with Gasteiger partial charge in [0.05, 0.1) is 5.69 Å². The Morgan fingerprint density at radius 1 is 1.30 bits per heavy atom. The van der Waals surface area contributed by atoms with E-state index in [0.29, 0.717) is 5.76 Å². The van der Waals surface area contributed by atoms with E-state index in [2.05, 4.69) is 15.6 Å². The fourth-order valence-electron chi connectivity index (χ4n) is 2.59. The van der Waals surface area contributed by atoms with Crippen LogP contribution in [0.1, 0.15) is 21.7 Å². The highest BCUT2D eigenvalue weighted by Crippen LogP contribution is 2.34. The molecule has 0 fully saturated rings. The van der Waals surface area contributed by atoms with E-state index in [0.717, 1.165) is 34.1 Å². The van der Waals surface area contributed by atoms with Crippen LogP contribution in [0.3, 0.4) is 0 Å². The third-order valence-corrected chi connectivity index (χ3v) is 4.72. The summed E-state index contributed by atoms with van der Waals surface area (Å²) in [7, 11) is 1.83.